The van der Waals surface area contributed by atoms with Gasteiger partial charge in [0.2, 0.25) is 0 Å². The number of hydrogen-bond acceptors (Lipinski definition) is 4. The molecule has 10 heavy (non-hydrogen) atoms. The minimum absolute atomic E-state index is 0. The van der Waals surface area contributed by atoms with Gasteiger partial charge in [-0.25, -0.2) is 8.42 Å². The van der Waals surface area contributed by atoms with Gasteiger partial charge in [-0.05, 0) is 6.92 Å². The molecule has 0 aromatic rings. The number of rotatable bonds is 2. The van der Waals surface area contributed by atoms with Gasteiger partial charge in [-0.15, -0.1) is 11.6 Å². The van der Waals surface area contributed by atoms with Crippen LogP contribution in [0.4, 0.5) is 0 Å². The van der Waals surface area contributed by atoms with E-state index in [-0.39, 0.29) is 51.4 Å². The van der Waals surface area contributed by atoms with E-state index >= 15 is 0 Å². The summed E-state index contributed by atoms with van der Waals surface area (Å²) in [5.41, 5.74) is 0. The fraction of sp³-hybridized carbons (Fsp3) is 1.00. The molecule has 7 heteroatoms. The van der Waals surface area contributed by atoms with Crippen molar-refractivity contribution >= 4 is 21.7 Å². The van der Waals surface area contributed by atoms with Crippen molar-refractivity contribution in [2.24, 2.45) is 0 Å². The second-order valence-electron chi connectivity index (χ2n) is 1.58. The molecule has 0 aliphatic carbocycles. The molecule has 0 bridgehead atoms. The third kappa shape index (κ3) is 5.45. The van der Waals surface area contributed by atoms with Gasteiger partial charge in [0.25, 0.3) is 0 Å². The van der Waals surface area contributed by atoms with E-state index in [4.69, 9.17) is 16.7 Å². The standard InChI is InChI=1S/C3H7ClO4S.K/c1-2(5)3(4)9(6,7)8;/h2-3,5H,1H3,(H,6,7,8);/q;+1/p-1. The molecule has 0 spiro atoms. The van der Waals surface area contributed by atoms with Crippen molar-refractivity contribution in [3.05, 3.63) is 0 Å². The number of halogens is 1. The molecule has 1 N–H and O–H groups in total. The molecule has 0 saturated heterocycles. The third-order valence-electron chi connectivity index (χ3n) is 0.655. The smallest absolute Gasteiger partial charge is 0.747 e. The quantitative estimate of drug-likeness (QED) is 0.293. The summed E-state index contributed by atoms with van der Waals surface area (Å²) in [5.74, 6) is 0. The van der Waals surface area contributed by atoms with E-state index < -0.39 is 20.9 Å². The van der Waals surface area contributed by atoms with E-state index in [1.54, 1.807) is 0 Å². The molecule has 0 aromatic carbocycles. The molecule has 0 saturated carbocycles. The van der Waals surface area contributed by atoms with Crippen LogP contribution in [0, 0.1) is 0 Å². The van der Waals surface area contributed by atoms with Crippen molar-refractivity contribution < 1.29 is 69.5 Å². The molecule has 0 amide bonds. The minimum Gasteiger partial charge on any atom is -0.747 e. The molecule has 2 unspecified atom stereocenters. The van der Waals surface area contributed by atoms with Gasteiger partial charge in [0.05, 0.1) is 6.10 Å². The Morgan fingerprint density at radius 2 is 1.90 bits per heavy atom. The molecule has 2 atom stereocenters. The summed E-state index contributed by atoms with van der Waals surface area (Å²) in [6.45, 7) is 1.13. The normalized spacial score (nSPS) is 17.2. The minimum atomic E-state index is -4.54. The molecule has 0 aromatic heterocycles. The molecule has 0 fully saturated rings. The largest absolute Gasteiger partial charge is 1.00 e. The Balaban J connectivity index is 0. The van der Waals surface area contributed by atoms with Crippen LogP contribution in [0.3, 0.4) is 0 Å². The SMILES string of the molecule is CC(O)C(Cl)S(=O)(=O)[O-].[K+]. The van der Waals surface area contributed by atoms with E-state index in [1.807, 2.05) is 0 Å². The Morgan fingerprint density at radius 1 is 1.60 bits per heavy atom. The van der Waals surface area contributed by atoms with Gasteiger partial charge in [0.15, 0.2) is 0 Å². The summed E-state index contributed by atoms with van der Waals surface area (Å²) in [6, 6.07) is 0. The third-order valence-corrected chi connectivity index (χ3v) is 2.62. The second-order valence-corrected chi connectivity index (χ2v) is 3.81. The topological polar surface area (TPSA) is 77.4 Å². The number of hydrogen-bond donors (Lipinski definition) is 1. The monoisotopic (exact) mass is 212 g/mol. The van der Waals surface area contributed by atoms with Gasteiger partial charge in [-0.1, -0.05) is 0 Å². The Morgan fingerprint density at radius 3 is 1.90 bits per heavy atom. The summed E-state index contributed by atoms with van der Waals surface area (Å²) < 4.78 is 28.0. The molecular formula is C3H6ClKO4S. The fourth-order valence-corrected chi connectivity index (χ4v) is 0.724. The van der Waals surface area contributed by atoms with Gasteiger partial charge >= 0.3 is 51.4 Å². The summed E-state index contributed by atoms with van der Waals surface area (Å²) in [6.07, 6.45) is -1.32. The van der Waals surface area contributed by atoms with Crippen molar-refractivity contribution in [2.45, 2.75) is 17.7 Å². The zero-order valence-electron chi connectivity index (χ0n) is 5.61. The van der Waals surface area contributed by atoms with Crippen LogP contribution in [0.1, 0.15) is 6.92 Å². The Kier molecular flexibility index (Phi) is 7.80. The summed E-state index contributed by atoms with van der Waals surface area (Å²) >= 11 is 4.94. The van der Waals surface area contributed by atoms with Crippen molar-refractivity contribution in [3.63, 3.8) is 0 Å². The van der Waals surface area contributed by atoms with Crippen LogP contribution in [0.15, 0.2) is 0 Å². The van der Waals surface area contributed by atoms with Crippen LogP contribution in [-0.2, 0) is 10.1 Å². The maximum absolute atomic E-state index is 9.93. The summed E-state index contributed by atoms with van der Waals surface area (Å²) in [5, 5.41) is 8.45. The summed E-state index contributed by atoms with van der Waals surface area (Å²) in [7, 11) is -4.54. The van der Waals surface area contributed by atoms with Crippen LogP contribution in [0.5, 0.6) is 0 Å². The van der Waals surface area contributed by atoms with E-state index in [2.05, 4.69) is 0 Å². The first kappa shape index (κ1) is 14.3. The van der Waals surface area contributed by atoms with E-state index in [9.17, 15) is 13.0 Å². The van der Waals surface area contributed by atoms with Gasteiger partial charge in [-0.2, -0.15) is 0 Å². The zero-order valence-corrected chi connectivity index (χ0v) is 10.3. The van der Waals surface area contributed by atoms with Gasteiger partial charge < -0.3 is 9.66 Å². The van der Waals surface area contributed by atoms with Crippen molar-refractivity contribution in [1.29, 1.82) is 0 Å². The van der Waals surface area contributed by atoms with Gasteiger partial charge in [-0.3, -0.25) is 0 Å². The number of alkyl halides is 1. The first-order valence-electron chi connectivity index (χ1n) is 2.12. The molecule has 0 aliphatic heterocycles. The predicted octanol–water partition coefficient (Wildman–Crippen LogP) is -3.52. The van der Waals surface area contributed by atoms with E-state index in [0.29, 0.717) is 0 Å². The maximum Gasteiger partial charge on any atom is 1.00 e. The van der Waals surface area contributed by atoms with Crippen molar-refractivity contribution in [2.75, 3.05) is 0 Å². The van der Waals surface area contributed by atoms with Crippen LogP contribution < -0.4 is 51.4 Å². The van der Waals surface area contributed by atoms with Crippen LogP contribution in [0.2, 0.25) is 0 Å². The fourth-order valence-electron chi connectivity index (χ4n) is 0.241. The molecule has 56 valence electrons. The van der Waals surface area contributed by atoms with E-state index in [0.717, 1.165) is 6.92 Å². The average Bonchev–Trinajstić information content (AvgIpc) is 1.62. The van der Waals surface area contributed by atoms with Gasteiger partial charge in [0, 0.05) is 0 Å². The zero-order chi connectivity index (χ0) is 7.65. The van der Waals surface area contributed by atoms with Crippen LogP contribution in [-0.4, -0.2) is 28.9 Å². The van der Waals surface area contributed by atoms with Crippen molar-refractivity contribution in [1.82, 2.24) is 0 Å². The molecule has 0 rings (SSSR count). The molecule has 4 nitrogen and oxygen atoms in total. The predicted molar refractivity (Wildman–Crippen MR) is 31.0 cm³/mol. The first-order chi connectivity index (χ1) is 3.85. The van der Waals surface area contributed by atoms with E-state index in [1.165, 1.54) is 0 Å². The second kappa shape index (κ2) is 5.44. The first-order valence-corrected chi connectivity index (χ1v) is 4.03. The Labute approximate surface area is 107 Å². The molecule has 0 aliphatic rings. The molecule has 0 radical (unpaired) electrons. The Hall–Kier alpha value is 1.80. The van der Waals surface area contributed by atoms with Crippen molar-refractivity contribution in [3.8, 4) is 0 Å². The molecular weight excluding hydrogens is 207 g/mol. The van der Waals surface area contributed by atoms with Gasteiger partial charge in [0.1, 0.15) is 14.8 Å². The Bertz CT molecular complexity index is 177. The van der Waals surface area contributed by atoms with Crippen LogP contribution >= 0.6 is 11.6 Å². The molecule has 0 heterocycles. The number of aliphatic hydroxyl groups is 1. The number of aliphatic hydroxyl groups excluding tert-OH is 1. The maximum atomic E-state index is 9.93. The van der Waals surface area contributed by atoms with Crippen LogP contribution in [0.25, 0.3) is 0 Å². The summed E-state index contributed by atoms with van der Waals surface area (Å²) in [4.78, 5) is 0. The average molecular weight is 213 g/mol.